The van der Waals surface area contributed by atoms with Crippen molar-refractivity contribution in [1.29, 1.82) is 0 Å². The van der Waals surface area contributed by atoms with Crippen molar-refractivity contribution in [2.24, 2.45) is 0 Å². The van der Waals surface area contributed by atoms with Gasteiger partial charge in [-0.3, -0.25) is 24.6 Å². The van der Waals surface area contributed by atoms with Crippen LogP contribution in [0.5, 0.6) is 17.2 Å². The highest BCUT2D eigenvalue weighted by Crippen LogP contribution is 2.36. The number of nitrogens with zero attached hydrogens (tertiary/aromatic N) is 2. The van der Waals surface area contributed by atoms with Crippen LogP contribution < -0.4 is 14.8 Å². The number of aromatic hydroxyl groups is 1. The highest BCUT2D eigenvalue weighted by Gasteiger charge is 2.31. The fourth-order valence-electron chi connectivity index (χ4n) is 3.20. The van der Waals surface area contributed by atoms with Gasteiger partial charge in [-0.2, -0.15) is 0 Å². The molecule has 0 aromatic heterocycles. The van der Waals surface area contributed by atoms with Crippen LogP contribution in [0.1, 0.15) is 18.4 Å². The lowest BCUT2D eigenvalue weighted by molar-refractivity contribution is -0.384. The first kappa shape index (κ1) is 22.6. The van der Waals surface area contributed by atoms with Crippen LogP contribution in [0.3, 0.4) is 0 Å². The molecule has 12 heteroatoms. The molecule has 2 aromatic carbocycles. The molecule has 170 valence electrons. The first-order chi connectivity index (χ1) is 15.8. The van der Waals surface area contributed by atoms with Crippen LogP contribution in [0, 0.1) is 10.1 Å². The third kappa shape index (κ3) is 5.07. The topological polar surface area (TPSA) is 131 Å². The van der Waals surface area contributed by atoms with Crippen molar-refractivity contribution in [2.75, 3.05) is 18.7 Å². The highest BCUT2D eigenvalue weighted by atomic mass is 32.2. The summed E-state index contributed by atoms with van der Waals surface area (Å²) in [6.07, 6.45) is 2.13. The van der Waals surface area contributed by atoms with Crippen molar-refractivity contribution in [3.63, 3.8) is 0 Å². The van der Waals surface area contributed by atoms with Gasteiger partial charge in [0.15, 0.2) is 11.5 Å². The number of thiocarbonyl (C=S) groups is 1. The quantitative estimate of drug-likeness (QED) is 0.197. The van der Waals surface area contributed by atoms with E-state index < -0.39 is 16.6 Å². The molecule has 0 spiro atoms. The van der Waals surface area contributed by atoms with Crippen molar-refractivity contribution in [2.45, 2.75) is 12.8 Å². The van der Waals surface area contributed by atoms with Crippen LogP contribution in [0.25, 0.3) is 6.08 Å². The van der Waals surface area contributed by atoms with Gasteiger partial charge >= 0.3 is 0 Å². The number of carbonyl (C=O) groups excluding carboxylic acids is 2. The average Bonchev–Trinajstić information content (AvgIpc) is 3.34. The maximum atomic E-state index is 12.8. The molecule has 4 rings (SSSR count). The van der Waals surface area contributed by atoms with Gasteiger partial charge in [0.2, 0.25) is 12.7 Å². The largest absolute Gasteiger partial charge is 0.506 e. The second-order valence-corrected chi connectivity index (χ2v) is 8.73. The fourth-order valence-corrected chi connectivity index (χ4v) is 4.51. The zero-order valence-electron chi connectivity index (χ0n) is 17.0. The van der Waals surface area contributed by atoms with Crippen LogP contribution in [0.2, 0.25) is 0 Å². The van der Waals surface area contributed by atoms with E-state index in [1.165, 1.54) is 28.8 Å². The Labute approximate surface area is 197 Å². The Morgan fingerprint density at radius 1 is 1.27 bits per heavy atom. The number of non-ortho nitro benzene ring substituents is 1. The number of rotatable bonds is 7. The summed E-state index contributed by atoms with van der Waals surface area (Å²) in [7, 11) is 0. The number of thioether (sulfide) groups is 1. The molecule has 33 heavy (non-hydrogen) atoms. The van der Waals surface area contributed by atoms with E-state index in [1.807, 2.05) is 6.07 Å². The van der Waals surface area contributed by atoms with E-state index in [0.717, 1.165) is 11.6 Å². The number of benzene rings is 2. The van der Waals surface area contributed by atoms with Crippen molar-refractivity contribution in [1.82, 2.24) is 4.90 Å². The Morgan fingerprint density at radius 2 is 2.06 bits per heavy atom. The van der Waals surface area contributed by atoms with Crippen molar-refractivity contribution >= 4 is 57.6 Å². The molecule has 0 atom stereocenters. The zero-order valence-corrected chi connectivity index (χ0v) is 18.6. The highest BCUT2D eigenvalue weighted by molar-refractivity contribution is 8.26. The second kappa shape index (κ2) is 9.46. The van der Waals surface area contributed by atoms with E-state index in [1.54, 1.807) is 18.2 Å². The molecular formula is C21H17N3O7S2. The van der Waals surface area contributed by atoms with Crippen LogP contribution in [0.15, 0.2) is 41.3 Å². The third-order valence-electron chi connectivity index (χ3n) is 4.82. The first-order valence-electron chi connectivity index (χ1n) is 9.74. The number of fused-ring (bicyclic) bond motifs is 1. The molecule has 0 aliphatic carbocycles. The van der Waals surface area contributed by atoms with Crippen molar-refractivity contribution in [3.8, 4) is 17.2 Å². The Hall–Kier alpha value is -3.64. The minimum atomic E-state index is -0.644. The predicted octanol–water partition coefficient (Wildman–Crippen LogP) is 3.65. The Kier molecular flexibility index (Phi) is 6.47. The lowest BCUT2D eigenvalue weighted by Crippen LogP contribution is -2.29. The van der Waals surface area contributed by atoms with Crippen LogP contribution in [-0.4, -0.2) is 44.4 Å². The molecule has 0 saturated carbocycles. The molecular weight excluding hydrogens is 470 g/mol. The molecule has 2 heterocycles. The number of phenols is 1. The number of hydrogen-bond donors (Lipinski definition) is 2. The molecule has 0 radical (unpaired) electrons. The van der Waals surface area contributed by atoms with Gasteiger partial charge in [0.1, 0.15) is 10.1 Å². The minimum absolute atomic E-state index is 0.0642. The van der Waals surface area contributed by atoms with Gasteiger partial charge in [-0.1, -0.05) is 30.0 Å². The number of ether oxygens (including phenoxy) is 2. The number of nitrogens with one attached hydrogen (secondary N) is 1. The van der Waals surface area contributed by atoms with Crippen LogP contribution in [0.4, 0.5) is 11.4 Å². The van der Waals surface area contributed by atoms with Gasteiger partial charge in [-0.15, -0.1) is 0 Å². The third-order valence-corrected chi connectivity index (χ3v) is 6.20. The monoisotopic (exact) mass is 487 g/mol. The van der Waals surface area contributed by atoms with E-state index in [0.29, 0.717) is 27.1 Å². The Morgan fingerprint density at radius 3 is 2.82 bits per heavy atom. The summed E-state index contributed by atoms with van der Waals surface area (Å²) in [4.78, 5) is 36.9. The summed E-state index contributed by atoms with van der Waals surface area (Å²) in [5.41, 5.74) is 0.568. The number of amides is 2. The molecule has 10 nitrogen and oxygen atoms in total. The number of carbonyl (C=O) groups is 2. The van der Waals surface area contributed by atoms with E-state index in [-0.39, 0.29) is 37.0 Å². The summed E-state index contributed by atoms with van der Waals surface area (Å²) >= 11 is 6.50. The zero-order chi connectivity index (χ0) is 23.5. The molecule has 0 bridgehead atoms. The Balaban J connectivity index is 1.31. The molecule has 0 unspecified atom stereocenters. The summed E-state index contributed by atoms with van der Waals surface area (Å²) in [5, 5.41) is 23.1. The molecule has 2 aliphatic rings. The SMILES string of the molecule is O=C(CCCN1C(=O)C(=Cc2ccc3c(c2)OCO3)SC1=S)Nc1ccc([N+](=O)[O-])cc1O. The predicted molar refractivity (Wildman–Crippen MR) is 125 cm³/mol. The number of hydrogen-bond acceptors (Lipinski definition) is 9. The number of anilines is 1. The summed E-state index contributed by atoms with van der Waals surface area (Å²) in [6.45, 7) is 0.418. The van der Waals surface area contributed by atoms with Crippen LogP contribution in [-0.2, 0) is 9.59 Å². The normalized spacial score (nSPS) is 15.9. The summed E-state index contributed by atoms with van der Waals surface area (Å²) in [6, 6.07) is 8.78. The molecule has 2 aliphatic heterocycles. The number of phenolic OH excluding ortho intramolecular Hbond substituents is 1. The average molecular weight is 488 g/mol. The van der Waals surface area contributed by atoms with E-state index in [9.17, 15) is 24.8 Å². The Bertz CT molecular complexity index is 1200. The molecule has 1 fully saturated rings. The van der Waals surface area contributed by atoms with E-state index in [2.05, 4.69) is 5.32 Å². The van der Waals surface area contributed by atoms with Gasteiger partial charge in [0.05, 0.1) is 21.6 Å². The second-order valence-electron chi connectivity index (χ2n) is 7.06. The van der Waals surface area contributed by atoms with Gasteiger partial charge in [-0.25, -0.2) is 0 Å². The van der Waals surface area contributed by atoms with E-state index >= 15 is 0 Å². The van der Waals surface area contributed by atoms with Crippen LogP contribution >= 0.6 is 24.0 Å². The number of nitro benzene ring substituents is 1. The van der Waals surface area contributed by atoms with Gasteiger partial charge in [0, 0.05) is 19.0 Å². The molecule has 1 saturated heterocycles. The van der Waals surface area contributed by atoms with E-state index in [4.69, 9.17) is 21.7 Å². The maximum Gasteiger partial charge on any atom is 0.273 e. The molecule has 2 aromatic rings. The first-order valence-corrected chi connectivity index (χ1v) is 11.0. The minimum Gasteiger partial charge on any atom is -0.506 e. The fraction of sp³-hybridized carbons (Fsp3) is 0.190. The lowest BCUT2D eigenvalue weighted by atomic mass is 10.2. The van der Waals surface area contributed by atoms with Gasteiger partial charge < -0.3 is 19.9 Å². The standard InChI is InChI=1S/C21H17N3O7S2/c25-15-10-13(24(28)29)4-5-14(15)22-19(26)2-1-7-23-20(27)18(33-21(23)32)9-12-3-6-16-17(8-12)31-11-30-16/h3-6,8-10,25H,1-2,7,11H2,(H,22,26). The maximum absolute atomic E-state index is 12.8. The van der Waals surface area contributed by atoms with Gasteiger partial charge in [0.25, 0.3) is 11.6 Å². The van der Waals surface area contributed by atoms with Gasteiger partial charge in [-0.05, 0) is 36.3 Å². The van der Waals surface area contributed by atoms with Crippen molar-refractivity contribution < 1.29 is 29.1 Å². The molecule has 2 amide bonds. The summed E-state index contributed by atoms with van der Waals surface area (Å²) < 4.78 is 11.0. The smallest absolute Gasteiger partial charge is 0.273 e. The molecule has 2 N–H and O–H groups in total. The summed E-state index contributed by atoms with van der Waals surface area (Å²) in [5.74, 6) is 0.226. The van der Waals surface area contributed by atoms with Crippen molar-refractivity contribution in [3.05, 3.63) is 57.0 Å². The number of nitro groups is 1. The lowest BCUT2D eigenvalue weighted by Gasteiger charge is -2.14.